The fourth-order valence-corrected chi connectivity index (χ4v) is 3.04. The molecule has 0 radical (unpaired) electrons. The molecule has 1 aliphatic carbocycles. The molecule has 1 saturated carbocycles. The molecule has 2 fully saturated rings. The Balaban J connectivity index is 1.63. The first kappa shape index (κ1) is 16.1. The Bertz CT molecular complexity index is 382. The van der Waals surface area contributed by atoms with Crippen LogP contribution in [0.5, 0.6) is 0 Å². The lowest BCUT2D eigenvalue weighted by Gasteiger charge is -2.23. The van der Waals surface area contributed by atoms with Crippen LogP contribution in [-0.4, -0.2) is 54.4 Å². The van der Waals surface area contributed by atoms with Gasteiger partial charge >= 0.3 is 12.0 Å². The molecule has 6 nitrogen and oxygen atoms in total. The molecule has 6 heteroatoms. The molecule has 0 aromatic carbocycles. The first-order chi connectivity index (χ1) is 10.0. The third-order valence-corrected chi connectivity index (χ3v) is 4.56. The van der Waals surface area contributed by atoms with Gasteiger partial charge in [0.25, 0.3) is 0 Å². The van der Waals surface area contributed by atoms with E-state index in [1.54, 1.807) is 11.8 Å². The molecule has 0 bridgehead atoms. The highest BCUT2D eigenvalue weighted by Crippen LogP contribution is 2.29. The number of likely N-dealkylation sites (tertiary alicyclic amines) is 1. The quantitative estimate of drug-likeness (QED) is 0.759. The number of hydrogen-bond donors (Lipinski definition) is 2. The van der Waals surface area contributed by atoms with Crippen molar-refractivity contribution >= 4 is 12.0 Å². The van der Waals surface area contributed by atoms with E-state index in [1.807, 2.05) is 0 Å². The summed E-state index contributed by atoms with van der Waals surface area (Å²) in [5.41, 5.74) is -0.810. The number of amides is 2. The Morgan fingerprint density at radius 2 is 2.05 bits per heavy atom. The molecule has 1 atom stereocenters. The van der Waals surface area contributed by atoms with Gasteiger partial charge in [0.1, 0.15) is 0 Å². The molecular weight excluding hydrogens is 272 g/mol. The van der Waals surface area contributed by atoms with Gasteiger partial charge in [-0.3, -0.25) is 4.79 Å². The third kappa shape index (κ3) is 4.33. The second-order valence-corrected chi connectivity index (χ2v) is 6.40. The van der Waals surface area contributed by atoms with Crippen LogP contribution < -0.4 is 5.32 Å². The van der Waals surface area contributed by atoms with Gasteiger partial charge in [0.05, 0.1) is 18.1 Å². The summed E-state index contributed by atoms with van der Waals surface area (Å²) < 4.78 is 5.75. The van der Waals surface area contributed by atoms with Crippen molar-refractivity contribution in [1.29, 1.82) is 0 Å². The van der Waals surface area contributed by atoms with Crippen LogP contribution in [0.4, 0.5) is 4.79 Å². The monoisotopic (exact) mass is 298 g/mol. The second-order valence-electron chi connectivity index (χ2n) is 6.40. The van der Waals surface area contributed by atoms with Crippen molar-refractivity contribution in [1.82, 2.24) is 10.2 Å². The van der Waals surface area contributed by atoms with Crippen molar-refractivity contribution in [2.75, 3.05) is 26.2 Å². The Hall–Kier alpha value is -1.30. The zero-order valence-corrected chi connectivity index (χ0v) is 12.8. The maximum atomic E-state index is 12.0. The number of nitrogens with zero attached hydrogens (tertiary/aromatic N) is 1. The lowest BCUT2D eigenvalue weighted by atomic mass is 9.90. The number of nitrogens with one attached hydrogen (secondary N) is 1. The summed E-state index contributed by atoms with van der Waals surface area (Å²) in [7, 11) is 0. The van der Waals surface area contributed by atoms with Gasteiger partial charge in [0, 0.05) is 19.6 Å². The number of ether oxygens (including phenoxy) is 1. The Kier molecular flexibility index (Phi) is 5.45. The van der Waals surface area contributed by atoms with Gasteiger partial charge in [-0.25, -0.2) is 4.79 Å². The van der Waals surface area contributed by atoms with Gasteiger partial charge in [-0.2, -0.15) is 0 Å². The van der Waals surface area contributed by atoms with Crippen LogP contribution in [-0.2, 0) is 9.53 Å². The molecule has 2 rings (SSSR count). The summed E-state index contributed by atoms with van der Waals surface area (Å²) in [6.07, 6.45) is 6.87. The molecule has 1 aliphatic heterocycles. The van der Waals surface area contributed by atoms with Crippen molar-refractivity contribution in [2.45, 2.75) is 51.6 Å². The number of rotatable bonds is 5. The molecule has 2 amide bonds. The van der Waals surface area contributed by atoms with E-state index in [-0.39, 0.29) is 12.6 Å². The Morgan fingerprint density at radius 3 is 2.67 bits per heavy atom. The summed E-state index contributed by atoms with van der Waals surface area (Å²) in [4.78, 5) is 24.7. The minimum atomic E-state index is -0.835. The van der Waals surface area contributed by atoms with Gasteiger partial charge < -0.3 is 20.1 Å². The highest BCUT2D eigenvalue weighted by atomic mass is 16.5. The van der Waals surface area contributed by atoms with Crippen molar-refractivity contribution in [3.8, 4) is 0 Å². The highest BCUT2D eigenvalue weighted by molar-refractivity contribution is 5.79. The highest BCUT2D eigenvalue weighted by Gasteiger charge is 2.42. The van der Waals surface area contributed by atoms with E-state index in [4.69, 9.17) is 9.84 Å². The van der Waals surface area contributed by atoms with Crippen LogP contribution in [0, 0.1) is 5.41 Å². The molecule has 0 aromatic heterocycles. The minimum Gasteiger partial charge on any atom is -0.481 e. The predicted octanol–water partition coefficient (Wildman–Crippen LogP) is 1.84. The summed E-state index contributed by atoms with van der Waals surface area (Å²) in [5, 5.41) is 12.0. The lowest BCUT2D eigenvalue weighted by Crippen LogP contribution is -2.42. The van der Waals surface area contributed by atoms with Crippen molar-refractivity contribution in [2.24, 2.45) is 5.41 Å². The number of hydrogen-bond acceptors (Lipinski definition) is 3. The number of carboxylic acid groups (broad SMARTS) is 1. The maximum Gasteiger partial charge on any atom is 0.317 e. The standard InChI is InChI=1S/C15H26N2O4/c1-15(13(18)19)7-9-17(11-15)14(20)16-8-10-21-12-5-3-2-4-6-12/h12H,2-11H2,1H3,(H,16,20)(H,18,19). The molecule has 1 heterocycles. The van der Waals surface area contributed by atoms with Crippen LogP contribution in [0.3, 0.4) is 0 Å². The van der Waals surface area contributed by atoms with Gasteiger partial charge in [-0.15, -0.1) is 0 Å². The lowest BCUT2D eigenvalue weighted by molar-refractivity contribution is -0.147. The van der Waals surface area contributed by atoms with Crippen LogP contribution in [0.15, 0.2) is 0 Å². The average molecular weight is 298 g/mol. The first-order valence-electron chi connectivity index (χ1n) is 7.89. The normalized spacial score (nSPS) is 26.8. The van der Waals surface area contributed by atoms with E-state index in [1.165, 1.54) is 19.3 Å². The number of carbonyl (C=O) groups is 2. The summed E-state index contributed by atoms with van der Waals surface area (Å²) in [6, 6.07) is -0.188. The molecule has 0 aromatic rings. The summed E-state index contributed by atoms with van der Waals surface area (Å²) >= 11 is 0. The SMILES string of the molecule is CC1(C(=O)O)CCN(C(=O)NCCOC2CCCCC2)C1. The minimum absolute atomic E-state index is 0.188. The van der Waals surface area contributed by atoms with Crippen molar-refractivity contribution < 1.29 is 19.4 Å². The summed E-state index contributed by atoms with van der Waals surface area (Å²) in [5.74, 6) is -0.835. The number of carboxylic acids is 1. The summed E-state index contributed by atoms with van der Waals surface area (Å²) in [6.45, 7) is 3.47. The van der Waals surface area contributed by atoms with Gasteiger partial charge in [0.15, 0.2) is 0 Å². The molecule has 120 valence electrons. The van der Waals surface area contributed by atoms with E-state index in [2.05, 4.69) is 5.32 Å². The van der Waals surface area contributed by atoms with Crippen LogP contribution in [0.25, 0.3) is 0 Å². The molecule has 0 spiro atoms. The molecule has 21 heavy (non-hydrogen) atoms. The predicted molar refractivity (Wildman–Crippen MR) is 78.2 cm³/mol. The van der Waals surface area contributed by atoms with E-state index >= 15 is 0 Å². The van der Waals surface area contributed by atoms with Crippen molar-refractivity contribution in [3.05, 3.63) is 0 Å². The van der Waals surface area contributed by atoms with Crippen LogP contribution in [0.1, 0.15) is 45.4 Å². The van der Waals surface area contributed by atoms with E-state index < -0.39 is 11.4 Å². The molecule has 2 aliphatic rings. The van der Waals surface area contributed by atoms with Gasteiger partial charge in [-0.05, 0) is 26.2 Å². The maximum absolute atomic E-state index is 12.0. The molecular formula is C15H26N2O4. The van der Waals surface area contributed by atoms with Crippen LogP contribution in [0.2, 0.25) is 0 Å². The van der Waals surface area contributed by atoms with Gasteiger partial charge in [0.2, 0.25) is 0 Å². The zero-order chi connectivity index (χ0) is 15.3. The smallest absolute Gasteiger partial charge is 0.317 e. The first-order valence-corrected chi connectivity index (χ1v) is 7.89. The molecule has 1 saturated heterocycles. The number of carbonyl (C=O) groups excluding carboxylic acids is 1. The van der Waals surface area contributed by atoms with E-state index in [0.717, 1.165) is 12.8 Å². The fraction of sp³-hybridized carbons (Fsp3) is 0.867. The van der Waals surface area contributed by atoms with Crippen molar-refractivity contribution in [3.63, 3.8) is 0 Å². The molecule has 2 N–H and O–H groups in total. The second kappa shape index (κ2) is 7.11. The van der Waals surface area contributed by atoms with E-state index in [0.29, 0.717) is 32.2 Å². The topological polar surface area (TPSA) is 78.9 Å². The van der Waals surface area contributed by atoms with E-state index in [9.17, 15) is 9.59 Å². The zero-order valence-electron chi connectivity index (χ0n) is 12.8. The Morgan fingerprint density at radius 1 is 1.33 bits per heavy atom. The molecule has 1 unspecified atom stereocenters. The number of aliphatic carboxylic acids is 1. The van der Waals surface area contributed by atoms with Crippen LogP contribution >= 0.6 is 0 Å². The largest absolute Gasteiger partial charge is 0.481 e. The fourth-order valence-electron chi connectivity index (χ4n) is 3.04. The number of urea groups is 1. The third-order valence-electron chi connectivity index (χ3n) is 4.56. The van der Waals surface area contributed by atoms with Gasteiger partial charge in [-0.1, -0.05) is 19.3 Å². The average Bonchev–Trinajstić information content (AvgIpc) is 2.89. The Labute approximate surface area is 125 Å².